The summed E-state index contributed by atoms with van der Waals surface area (Å²) in [4.78, 5) is 29.5. The zero-order valence-corrected chi connectivity index (χ0v) is 19.8. The highest BCUT2D eigenvalue weighted by Gasteiger charge is 2.19. The molecule has 8 nitrogen and oxygen atoms in total. The molecule has 1 unspecified atom stereocenters. The van der Waals surface area contributed by atoms with E-state index >= 15 is 0 Å². The minimum absolute atomic E-state index is 0.0482. The van der Waals surface area contributed by atoms with Gasteiger partial charge in [-0.05, 0) is 57.2 Å². The molecule has 0 aliphatic heterocycles. The van der Waals surface area contributed by atoms with Gasteiger partial charge < -0.3 is 15.1 Å². The van der Waals surface area contributed by atoms with Crippen LogP contribution >= 0.6 is 11.6 Å². The molecule has 174 valence electrons. The first-order valence-electron chi connectivity index (χ1n) is 10.7. The fraction of sp³-hybridized carbons (Fsp3) is 0.200. The molecule has 4 rings (SSSR count). The molecular formula is C25H24ClN5O3. The molecular weight excluding hydrogens is 454 g/mol. The lowest BCUT2D eigenvalue weighted by Gasteiger charge is -2.15. The Bertz CT molecular complexity index is 1330. The normalized spacial score (nSPS) is 11.8. The SMILES string of the molecule is Cc1cc(C)n(C(C)C(=O)Nc2ccc(NC(=O)Cc3coc(-c4ccccc4)n3)cc2Cl)n1. The van der Waals surface area contributed by atoms with Gasteiger partial charge in [-0.3, -0.25) is 14.3 Å². The Morgan fingerprint density at radius 2 is 1.85 bits per heavy atom. The van der Waals surface area contributed by atoms with E-state index in [1.807, 2.05) is 50.2 Å². The molecule has 0 bridgehead atoms. The number of oxazole rings is 1. The lowest BCUT2D eigenvalue weighted by molar-refractivity contribution is -0.119. The van der Waals surface area contributed by atoms with E-state index in [0.717, 1.165) is 17.0 Å². The number of aromatic nitrogens is 3. The number of carbonyl (C=O) groups excluding carboxylic acids is 2. The Morgan fingerprint density at radius 1 is 1.09 bits per heavy atom. The number of halogens is 1. The highest BCUT2D eigenvalue weighted by Crippen LogP contribution is 2.27. The molecule has 2 aromatic carbocycles. The molecule has 0 saturated heterocycles. The first-order valence-corrected chi connectivity index (χ1v) is 11.1. The van der Waals surface area contributed by atoms with E-state index in [2.05, 4.69) is 20.7 Å². The Labute approximate surface area is 202 Å². The van der Waals surface area contributed by atoms with Crippen LogP contribution in [0, 0.1) is 13.8 Å². The van der Waals surface area contributed by atoms with Crippen LogP contribution in [0.4, 0.5) is 11.4 Å². The minimum atomic E-state index is -0.507. The van der Waals surface area contributed by atoms with Crippen LogP contribution in [-0.2, 0) is 16.0 Å². The maximum absolute atomic E-state index is 12.7. The van der Waals surface area contributed by atoms with Gasteiger partial charge in [0, 0.05) is 16.9 Å². The van der Waals surface area contributed by atoms with E-state index in [9.17, 15) is 9.59 Å². The lowest BCUT2D eigenvalue weighted by Crippen LogP contribution is -2.25. The van der Waals surface area contributed by atoms with Gasteiger partial charge in [0.05, 0.1) is 28.5 Å². The van der Waals surface area contributed by atoms with Crippen molar-refractivity contribution in [2.24, 2.45) is 0 Å². The molecule has 2 N–H and O–H groups in total. The molecule has 0 spiro atoms. The lowest BCUT2D eigenvalue weighted by atomic mass is 10.2. The van der Waals surface area contributed by atoms with Crippen molar-refractivity contribution in [1.29, 1.82) is 0 Å². The quantitative estimate of drug-likeness (QED) is 0.381. The smallest absolute Gasteiger partial charge is 0.248 e. The summed E-state index contributed by atoms with van der Waals surface area (Å²) in [5.74, 6) is -0.0507. The molecule has 1 atom stereocenters. The number of aryl methyl sites for hydroxylation is 2. The monoisotopic (exact) mass is 477 g/mol. The summed E-state index contributed by atoms with van der Waals surface area (Å²) in [5, 5.41) is 10.3. The molecule has 9 heteroatoms. The molecule has 0 fully saturated rings. The van der Waals surface area contributed by atoms with Crippen LogP contribution in [-0.4, -0.2) is 26.6 Å². The second kappa shape index (κ2) is 9.93. The van der Waals surface area contributed by atoms with Crippen LogP contribution < -0.4 is 10.6 Å². The number of hydrogen-bond acceptors (Lipinski definition) is 5. The summed E-state index contributed by atoms with van der Waals surface area (Å²) >= 11 is 6.36. The predicted molar refractivity (Wildman–Crippen MR) is 131 cm³/mol. The number of anilines is 2. The van der Waals surface area contributed by atoms with Crippen molar-refractivity contribution in [2.45, 2.75) is 33.2 Å². The van der Waals surface area contributed by atoms with Crippen molar-refractivity contribution in [3.8, 4) is 11.5 Å². The highest BCUT2D eigenvalue weighted by molar-refractivity contribution is 6.34. The predicted octanol–water partition coefficient (Wildman–Crippen LogP) is 5.19. The van der Waals surface area contributed by atoms with Crippen molar-refractivity contribution >= 4 is 34.8 Å². The Balaban J connectivity index is 1.36. The Hall–Kier alpha value is -3.91. The summed E-state index contributed by atoms with van der Waals surface area (Å²) in [7, 11) is 0. The van der Waals surface area contributed by atoms with Crippen molar-refractivity contribution in [1.82, 2.24) is 14.8 Å². The molecule has 4 aromatic rings. The van der Waals surface area contributed by atoms with Gasteiger partial charge in [0.25, 0.3) is 0 Å². The largest absolute Gasteiger partial charge is 0.444 e. The molecule has 2 amide bonds. The molecule has 34 heavy (non-hydrogen) atoms. The first kappa shape index (κ1) is 23.3. The van der Waals surface area contributed by atoms with Crippen LogP contribution in [0.3, 0.4) is 0 Å². The van der Waals surface area contributed by atoms with Gasteiger partial charge >= 0.3 is 0 Å². The highest BCUT2D eigenvalue weighted by atomic mass is 35.5. The summed E-state index contributed by atoms with van der Waals surface area (Å²) < 4.78 is 7.14. The van der Waals surface area contributed by atoms with E-state index in [1.165, 1.54) is 6.26 Å². The van der Waals surface area contributed by atoms with Crippen molar-refractivity contribution < 1.29 is 14.0 Å². The van der Waals surface area contributed by atoms with Gasteiger partial charge in [-0.1, -0.05) is 29.8 Å². The first-order chi connectivity index (χ1) is 16.3. The summed E-state index contributed by atoms with van der Waals surface area (Å²) in [6.45, 7) is 5.54. The number of benzene rings is 2. The van der Waals surface area contributed by atoms with E-state index in [-0.39, 0.29) is 18.2 Å². The maximum atomic E-state index is 12.7. The number of rotatable bonds is 7. The number of carbonyl (C=O) groups is 2. The number of hydrogen-bond donors (Lipinski definition) is 2. The second-order valence-corrected chi connectivity index (χ2v) is 8.37. The van der Waals surface area contributed by atoms with Crippen LogP contribution in [0.1, 0.15) is 30.0 Å². The average Bonchev–Trinajstić information content (AvgIpc) is 3.41. The second-order valence-electron chi connectivity index (χ2n) is 7.97. The standard InChI is InChI=1S/C25H24ClN5O3/c1-15-11-16(2)31(30-15)17(3)24(33)29-22-10-9-19(12-21(22)26)27-23(32)13-20-14-34-25(28-20)18-7-5-4-6-8-18/h4-12,14,17H,13H2,1-3H3,(H,27,32)(H,29,33). The zero-order valence-electron chi connectivity index (χ0n) is 19.0. The van der Waals surface area contributed by atoms with Crippen LogP contribution in [0.5, 0.6) is 0 Å². The number of amides is 2. The van der Waals surface area contributed by atoms with Crippen molar-refractivity contribution in [3.63, 3.8) is 0 Å². The number of nitrogens with zero attached hydrogens (tertiary/aromatic N) is 3. The third-order valence-corrected chi connectivity index (χ3v) is 5.53. The minimum Gasteiger partial charge on any atom is -0.444 e. The van der Waals surface area contributed by atoms with Gasteiger partial charge in [0.1, 0.15) is 12.3 Å². The molecule has 0 radical (unpaired) electrons. The van der Waals surface area contributed by atoms with E-state index < -0.39 is 6.04 Å². The molecule has 2 aromatic heterocycles. The average molecular weight is 478 g/mol. The number of nitrogens with one attached hydrogen (secondary N) is 2. The molecule has 2 heterocycles. The van der Waals surface area contributed by atoms with Crippen LogP contribution in [0.25, 0.3) is 11.5 Å². The Kier molecular flexibility index (Phi) is 6.79. The Morgan fingerprint density at radius 3 is 2.53 bits per heavy atom. The molecule has 0 saturated carbocycles. The van der Waals surface area contributed by atoms with Gasteiger partial charge in [0.2, 0.25) is 17.7 Å². The van der Waals surface area contributed by atoms with Crippen molar-refractivity contribution in [2.75, 3.05) is 10.6 Å². The third-order valence-electron chi connectivity index (χ3n) is 5.22. The van der Waals surface area contributed by atoms with E-state index in [0.29, 0.717) is 28.0 Å². The van der Waals surface area contributed by atoms with Gasteiger partial charge in [0.15, 0.2) is 0 Å². The fourth-order valence-corrected chi connectivity index (χ4v) is 3.78. The summed E-state index contributed by atoms with van der Waals surface area (Å²) in [6, 6.07) is 15.8. The zero-order chi connectivity index (χ0) is 24.2. The molecule has 0 aliphatic carbocycles. The van der Waals surface area contributed by atoms with Gasteiger partial charge in [-0.15, -0.1) is 0 Å². The van der Waals surface area contributed by atoms with Gasteiger partial charge in [-0.2, -0.15) is 5.10 Å². The topological polar surface area (TPSA) is 102 Å². The van der Waals surface area contributed by atoms with Gasteiger partial charge in [-0.25, -0.2) is 4.98 Å². The maximum Gasteiger partial charge on any atom is 0.248 e. The van der Waals surface area contributed by atoms with Crippen LogP contribution in [0.15, 0.2) is 65.3 Å². The fourth-order valence-electron chi connectivity index (χ4n) is 3.55. The summed E-state index contributed by atoms with van der Waals surface area (Å²) in [6.07, 6.45) is 1.52. The summed E-state index contributed by atoms with van der Waals surface area (Å²) in [5.41, 5.74) is 4.05. The van der Waals surface area contributed by atoms with Crippen molar-refractivity contribution in [3.05, 3.63) is 83.0 Å². The third kappa shape index (κ3) is 5.35. The molecule has 0 aliphatic rings. The van der Waals surface area contributed by atoms with E-state index in [4.69, 9.17) is 16.0 Å². The van der Waals surface area contributed by atoms with E-state index in [1.54, 1.807) is 29.8 Å². The van der Waals surface area contributed by atoms with Crippen LogP contribution in [0.2, 0.25) is 5.02 Å².